The van der Waals surface area contributed by atoms with Crippen molar-refractivity contribution in [3.05, 3.63) is 95.5 Å². The number of pyridine rings is 2. The number of ether oxygens (including phenoxy) is 1. The number of benzene rings is 2. The van der Waals surface area contributed by atoms with E-state index in [2.05, 4.69) is 20.9 Å². The maximum Gasteiger partial charge on any atom is 0.175 e. The van der Waals surface area contributed by atoms with Crippen LogP contribution in [0.2, 0.25) is 5.02 Å². The maximum absolute atomic E-state index is 11.9. The van der Waals surface area contributed by atoms with Crippen LogP contribution >= 0.6 is 11.6 Å². The van der Waals surface area contributed by atoms with Crippen LogP contribution in [0.5, 0.6) is 5.75 Å². The number of halogens is 1. The monoisotopic (exact) mass is 535 g/mol. The smallest absolute Gasteiger partial charge is 0.175 e. The first-order valence-corrected chi connectivity index (χ1v) is 14.7. The van der Waals surface area contributed by atoms with E-state index in [1.165, 1.54) is 6.26 Å². The highest BCUT2D eigenvalue weighted by molar-refractivity contribution is 7.90. The van der Waals surface area contributed by atoms with Gasteiger partial charge >= 0.3 is 0 Å². The van der Waals surface area contributed by atoms with Gasteiger partial charge < -0.3 is 4.74 Å². The quantitative estimate of drug-likeness (QED) is 0.272. The Balaban J connectivity index is 1.27. The molecule has 0 bridgehead atoms. The third-order valence-electron chi connectivity index (χ3n) is 6.99. The summed E-state index contributed by atoms with van der Waals surface area (Å²) < 4.78 is 30.1. The van der Waals surface area contributed by atoms with Gasteiger partial charge in [-0.1, -0.05) is 29.8 Å². The summed E-state index contributed by atoms with van der Waals surface area (Å²) in [6.45, 7) is 1.52. The van der Waals surface area contributed by atoms with Crippen LogP contribution in [-0.4, -0.2) is 41.7 Å². The van der Waals surface area contributed by atoms with Gasteiger partial charge in [-0.2, -0.15) is 0 Å². The van der Waals surface area contributed by atoms with E-state index < -0.39 is 9.84 Å². The Morgan fingerprint density at radius 1 is 0.892 bits per heavy atom. The van der Waals surface area contributed by atoms with E-state index >= 15 is 0 Å². The van der Waals surface area contributed by atoms with Gasteiger partial charge in [0.1, 0.15) is 5.75 Å². The summed E-state index contributed by atoms with van der Waals surface area (Å²) in [7, 11) is -3.21. The number of nitrogens with zero attached hydrogens (tertiary/aromatic N) is 3. The highest BCUT2D eigenvalue weighted by atomic mass is 35.5. The highest BCUT2D eigenvalue weighted by Gasteiger charge is 2.28. The number of sulfone groups is 1. The number of hydrogen-bond acceptors (Lipinski definition) is 6. The molecule has 1 saturated carbocycles. The number of rotatable bonds is 8. The largest absolute Gasteiger partial charge is 0.489 e. The first kappa shape index (κ1) is 25.6. The molecule has 0 N–H and O–H groups in total. The standard InChI is InChI=1S/C29H30ClN3O3S/c1-37(34,35)27-10-4-21(5-11-27)19-33(20-22-3-2-13-31-17-22)25-6-8-26(9-7-25)36-29-16-23-12-14-32-18-24(23)15-28(29)30/h2-5,10-18,25-26H,6-9,19-20H2,1H3/t25-,26-. The minimum Gasteiger partial charge on any atom is -0.489 e. The second-order valence-electron chi connectivity index (χ2n) is 9.74. The van der Waals surface area contributed by atoms with Gasteiger partial charge in [0.15, 0.2) is 9.84 Å². The van der Waals surface area contributed by atoms with Crippen molar-refractivity contribution >= 4 is 32.2 Å². The average Bonchev–Trinajstić information content (AvgIpc) is 2.90. The molecule has 0 amide bonds. The average molecular weight is 536 g/mol. The summed E-state index contributed by atoms with van der Waals surface area (Å²) in [5.74, 6) is 0.724. The van der Waals surface area contributed by atoms with Crippen molar-refractivity contribution in [3.63, 3.8) is 0 Å². The van der Waals surface area contributed by atoms with Crippen molar-refractivity contribution in [1.29, 1.82) is 0 Å². The second-order valence-corrected chi connectivity index (χ2v) is 12.2. The SMILES string of the molecule is CS(=O)(=O)c1ccc(CN(Cc2cccnc2)[C@H]2CC[C@H](Oc3cc4ccncc4cc3Cl)CC2)cc1. The van der Waals surface area contributed by atoms with Gasteiger partial charge in [-0.15, -0.1) is 0 Å². The molecule has 0 unspecified atom stereocenters. The maximum atomic E-state index is 11.9. The first-order chi connectivity index (χ1) is 17.8. The van der Waals surface area contributed by atoms with Crippen LogP contribution in [-0.2, 0) is 22.9 Å². The van der Waals surface area contributed by atoms with Crippen LogP contribution in [0.3, 0.4) is 0 Å². The molecule has 192 valence electrons. The van der Waals surface area contributed by atoms with Gasteiger partial charge in [-0.25, -0.2) is 8.42 Å². The van der Waals surface area contributed by atoms with E-state index in [1.54, 1.807) is 24.5 Å². The summed E-state index contributed by atoms with van der Waals surface area (Å²) in [6, 6.07) is 17.5. The molecule has 5 rings (SSSR count). The Kier molecular flexibility index (Phi) is 7.74. The lowest BCUT2D eigenvalue weighted by Gasteiger charge is -2.37. The second kappa shape index (κ2) is 11.2. The fourth-order valence-corrected chi connectivity index (χ4v) is 5.85. The zero-order valence-corrected chi connectivity index (χ0v) is 22.3. The molecule has 0 atom stereocenters. The molecule has 8 heteroatoms. The zero-order chi connectivity index (χ0) is 25.8. The molecule has 2 heterocycles. The molecule has 0 aliphatic heterocycles. The van der Waals surface area contributed by atoms with E-state index in [4.69, 9.17) is 16.3 Å². The summed E-state index contributed by atoms with van der Waals surface area (Å²) in [5.41, 5.74) is 2.25. The van der Waals surface area contributed by atoms with Crippen LogP contribution in [0.1, 0.15) is 36.8 Å². The van der Waals surface area contributed by atoms with Crippen molar-refractivity contribution in [2.24, 2.45) is 0 Å². The van der Waals surface area contributed by atoms with E-state index in [0.717, 1.165) is 66.4 Å². The van der Waals surface area contributed by atoms with Crippen molar-refractivity contribution in [2.75, 3.05) is 6.26 Å². The minimum atomic E-state index is -3.21. The van der Waals surface area contributed by atoms with Crippen LogP contribution < -0.4 is 4.74 Å². The van der Waals surface area contributed by atoms with E-state index in [1.807, 2.05) is 48.8 Å². The van der Waals surface area contributed by atoms with Gasteiger partial charge in [-0.3, -0.25) is 14.9 Å². The molecule has 6 nitrogen and oxygen atoms in total. The molecule has 4 aromatic rings. The molecule has 2 aromatic carbocycles. The summed E-state index contributed by atoms with van der Waals surface area (Å²) >= 11 is 6.52. The van der Waals surface area contributed by atoms with Crippen molar-refractivity contribution < 1.29 is 13.2 Å². The molecule has 1 aliphatic carbocycles. The normalized spacial score (nSPS) is 18.2. The fourth-order valence-electron chi connectivity index (χ4n) is 5.00. The fraction of sp³-hybridized carbons (Fsp3) is 0.310. The van der Waals surface area contributed by atoms with Gasteiger partial charge in [0.05, 0.1) is 16.0 Å². The Labute approximate surface area is 223 Å². The molecule has 0 spiro atoms. The lowest BCUT2D eigenvalue weighted by molar-refractivity contribution is 0.0795. The molecule has 2 aromatic heterocycles. The van der Waals surface area contributed by atoms with Crippen LogP contribution in [0.15, 0.2) is 84.3 Å². The van der Waals surface area contributed by atoms with E-state index in [9.17, 15) is 8.42 Å². The Morgan fingerprint density at radius 2 is 1.62 bits per heavy atom. The van der Waals surface area contributed by atoms with Crippen molar-refractivity contribution in [3.8, 4) is 5.75 Å². The van der Waals surface area contributed by atoms with E-state index in [0.29, 0.717) is 16.0 Å². The number of fused-ring (bicyclic) bond motifs is 1. The predicted molar refractivity (Wildman–Crippen MR) is 146 cm³/mol. The number of aromatic nitrogens is 2. The molecule has 0 saturated heterocycles. The molecular formula is C29H30ClN3O3S. The van der Waals surface area contributed by atoms with Gasteiger partial charge in [0, 0.05) is 55.6 Å². The van der Waals surface area contributed by atoms with Gasteiger partial charge in [0.2, 0.25) is 0 Å². The zero-order valence-electron chi connectivity index (χ0n) is 20.8. The van der Waals surface area contributed by atoms with Crippen molar-refractivity contribution in [2.45, 2.75) is 55.8 Å². The third kappa shape index (κ3) is 6.47. The lowest BCUT2D eigenvalue weighted by atomic mass is 9.91. The first-order valence-electron chi connectivity index (χ1n) is 12.5. The molecule has 0 radical (unpaired) electrons. The van der Waals surface area contributed by atoms with Crippen LogP contribution in [0.25, 0.3) is 10.8 Å². The molecular weight excluding hydrogens is 506 g/mol. The third-order valence-corrected chi connectivity index (χ3v) is 8.41. The molecule has 1 aliphatic rings. The van der Waals surface area contributed by atoms with Gasteiger partial charge in [0.25, 0.3) is 0 Å². The van der Waals surface area contributed by atoms with Gasteiger partial charge in [-0.05, 0) is 78.6 Å². The summed E-state index contributed by atoms with van der Waals surface area (Å²) in [4.78, 5) is 11.3. The highest BCUT2D eigenvalue weighted by Crippen LogP contribution is 2.34. The summed E-state index contributed by atoms with van der Waals surface area (Å²) in [6.07, 6.45) is 12.5. The Hall–Kier alpha value is -3.00. The molecule has 1 fully saturated rings. The van der Waals surface area contributed by atoms with E-state index in [-0.39, 0.29) is 6.10 Å². The Bertz CT molecular complexity index is 1460. The lowest BCUT2D eigenvalue weighted by Crippen LogP contribution is -2.39. The topological polar surface area (TPSA) is 72.4 Å². The van der Waals surface area contributed by atoms with Crippen LogP contribution in [0.4, 0.5) is 0 Å². The number of hydrogen-bond donors (Lipinski definition) is 0. The minimum absolute atomic E-state index is 0.113. The van der Waals surface area contributed by atoms with Crippen LogP contribution in [0, 0.1) is 0 Å². The summed E-state index contributed by atoms with van der Waals surface area (Å²) in [5, 5.41) is 2.67. The predicted octanol–water partition coefficient (Wildman–Crippen LogP) is 6.08. The molecule has 37 heavy (non-hydrogen) atoms. The van der Waals surface area contributed by atoms with Crippen molar-refractivity contribution in [1.82, 2.24) is 14.9 Å². The Morgan fingerprint density at radius 3 is 2.32 bits per heavy atom.